The van der Waals surface area contributed by atoms with Gasteiger partial charge in [0.25, 0.3) is 0 Å². The van der Waals surface area contributed by atoms with Crippen molar-refractivity contribution in [3.63, 3.8) is 0 Å². The summed E-state index contributed by atoms with van der Waals surface area (Å²) in [7, 11) is -4.40. The van der Waals surface area contributed by atoms with Crippen molar-refractivity contribution in [2.24, 2.45) is 5.92 Å². The molecular weight excluding hydrogens is 379 g/mol. The van der Waals surface area contributed by atoms with Crippen LogP contribution in [0.1, 0.15) is 17.8 Å². The maximum absolute atomic E-state index is 13.1. The molecule has 0 aliphatic carbocycles. The van der Waals surface area contributed by atoms with E-state index in [9.17, 15) is 21.6 Å². The molecule has 1 N–H and O–H groups in total. The molecule has 3 rings (SSSR count). The molecule has 2 aromatic rings. The summed E-state index contributed by atoms with van der Waals surface area (Å²) in [6.45, 7) is 0.722. The van der Waals surface area contributed by atoms with Crippen LogP contribution in [0.15, 0.2) is 35.5 Å². The maximum atomic E-state index is 13.1. The number of benzene rings is 1. The molecule has 10 heteroatoms. The SMILES string of the molecule is O=S(=O)(NC[C@@H]1CCn2ccnc2C1)c1c(Cl)cccc1C(F)(F)F. The Morgan fingerprint density at radius 1 is 1.36 bits per heavy atom. The van der Waals surface area contributed by atoms with Crippen LogP contribution in [0.4, 0.5) is 13.2 Å². The summed E-state index contributed by atoms with van der Waals surface area (Å²) < 4.78 is 68.5. The summed E-state index contributed by atoms with van der Waals surface area (Å²) in [5, 5.41) is -0.457. The number of imidazole rings is 1. The number of aromatic nitrogens is 2. The van der Waals surface area contributed by atoms with E-state index in [-0.39, 0.29) is 12.5 Å². The van der Waals surface area contributed by atoms with Crippen LogP contribution in [0, 0.1) is 5.92 Å². The number of halogens is 4. The Bertz CT molecular complexity index is 880. The Morgan fingerprint density at radius 2 is 2.12 bits per heavy atom. The van der Waals surface area contributed by atoms with Gasteiger partial charge in [-0.15, -0.1) is 0 Å². The summed E-state index contributed by atoms with van der Waals surface area (Å²) in [6.07, 6.45) is -0.0361. The lowest BCUT2D eigenvalue weighted by molar-refractivity contribution is -0.139. The van der Waals surface area contributed by atoms with Crippen molar-refractivity contribution in [1.29, 1.82) is 0 Å². The Hall–Kier alpha value is -1.58. The van der Waals surface area contributed by atoms with Gasteiger partial charge in [0.1, 0.15) is 10.7 Å². The minimum Gasteiger partial charge on any atom is -0.335 e. The molecule has 0 unspecified atom stereocenters. The predicted octanol–water partition coefficient (Wildman–Crippen LogP) is 3.10. The molecular formula is C15H15ClF3N3O2S. The van der Waals surface area contributed by atoms with Gasteiger partial charge in [-0.1, -0.05) is 17.7 Å². The zero-order chi connectivity index (χ0) is 18.2. The fourth-order valence-corrected chi connectivity index (χ4v) is 4.77. The lowest BCUT2D eigenvalue weighted by Gasteiger charge is -2.24. The standard InChI is InChI=1S/C15H15ClF3N3O2S/c16-12-3-1-2-11(15(17,18)19)14(12)25(23,24)21-9-10-4-6-22-7-5-20-13(22)8-10/h1-3,5,7,10,21H,4,6,8-9H2/t10-/m1/s1. The molecule has 136 valence electrons. The zero-order valence-electron chi connectivity index (χ0n) is 12.9. The first kappa shape index (κ1) is 18.2. The van der Waals surface area contributed by atoms with Gasteiger partial charge in [0.05, 0.1) is 10.6 Å². The molecule has 1 aromatic heterocycles. The average molecular weight is 394 g/mol. The lowest BCUT2D eigenvalue weighted by Crippen LogP contribution is -2.34. The Balaban J connectivity index is 1.80. The van der Waals surface area contributed by atoms with Crippen LogP contribution in [-0.2, 0) is 29.2 Å². The van der Waals surface area contributed by atoms with Crippen molar-refractivity contribution >= 4 is 21.6 Å². The van der Waals surface area contributed by atoms with E-state index in [1.807, 2.05) is 10.8 Å². The Kier molecular flexibility index (Phi) is 4.82. The van der Waals surface area contributed by atoms with E-state index < -0.39 is 31.7 Å². The van der Waals surface area contributed by atoms with Crippen LogP contribution in [0.2, 0.25) is 5.02 Å². The van der Waals surface area contributed by atoms with Crippen LogP contribution in [0.5, 0.6) is 0 Å². The van der Waals surface area contributed by atoms with E-state index in [0.29, 0.717) is 25.5 Å². The summed E-state index contributed by atoms with van der Waals surface area (Å²) >= 11 is 5.76. The van der Waals surface area contributed by atoms with Gasteiger partial charge >= 0.3 is 6.18 Å². The van der Waals surface area contributed by atoms with Crippen LogP contribution < -0.4 is 4.72 Å². The number of nitrogens with zero attached hydrogens (tertiary/aromatic N) is 2. The van der Waals surface area contributed by atoms with E-state index in [1.165, 1.54) is 0 Å². The monoisotopic (exact) mass is 393 g/mol. The van der Waals surface area contributed by atoms with Gasteiger partial charge in [0.15, 0.2) is 0 Å². The third-order valence-corrected chi connectivity index (χ3v) is 6.11. The number of aryl methyl sites for hydroxylation is 1. The number of nitrogens with one attached hydrogen (secondary N) is 1. The fraction of sp³-hybridized carbons (Fsp3) is 0.400. The quantitative estimate of drug-likeness (QED) is 0.868. The second-order valence-electron chi connectivity index (χ2n) is 5.86. The number of alkyl halides is 3. The van der Waals surface area contributed by atoms with Gasteiger partial charge in [0, 0.05) is 31.9 Å². The van der Waals surface area contributed by atoms with Crippen molar-refractivity contribution in [3.05, 3.63) is 47.0 Å². The molecule has 1 aromatic carbocycles. The van der Waals surface area contributed by atoms with Gasteiger partial charge in [-0.05, 0) is 24.5 Å². The molecule has 0 amide bonds. The molecule has 0 radical (unpaired) electrons. The summed E-state index contributed by atoms with van der Waals surface area (Å²) in [5.74, 6) is 0.797. The van der Waals surface area contributed by atoms with E-state index in [4.69, 9.17) is 11.6 Å². The fourth-order valence-electron chi connectivity index (χ4n) is 2.89. The predicted molar refractivity (Wildman–Crippen MR) is 85.7 cm³/mol. The third-order valence-electron chi connectivity index (χ3n) is 4.15. The number of rotatable bonds is 4. The number of fused-ring (bicyclic) bond motifs is 1. The average Bonchev–Trinajstić information content (AvgIpc) is 2.99. The number of sulfonamides is 1. The highest BCUT2D eigenvalue weighted by Gasteiger charge is 2.38. The summed E-state index contributed by atoms with van der Waals surface area (Å²) in [6, 6.07) is 2.91. The largest absolute Gasteiger partial charge is 0.417 e. The van der Waals surface area contributed by atoms with Gasteiger partial charge in [0.2, 0.25) is 10.0 Å². The topological polar surface area (TPSA) is 64.0 Å². The highest BCUT2D eigenvalue weighted by Crippen LogP contribution is 2.37. The molecule has 1 atom stereocenters. The van der Waals surface area contributed by atoms with Crippen LogP contribution in [0.25, 0.3) is 0 Å². The second kappa shape index (κ2) is 6.62. The van der Waals surface area contributed by atoms with Gasteiger partial charge in [-0.2, -0.15) is 13.2 Å². The van der Waals surface area contributed by atoms with E-state index in [0.717, 1.165) is 18.0 Å². The minimum absolute atomic E-state index is 0.0255. The first-order chi connectivity index (χ1) is 11.7. The molecule has 5 nitrogen and oxygen atoms in total. The molecule has 1 aliphatic rings. The molecule has 0 saturated heterocycles. The van der Waals surface area contributed by atoms with Crippen molar-refractivity contribution < 1.29 is 21.6 Å². The molecule has 1 aliphatic heterocycles. The van der Waals surface area contributed by atoms with Gasteiger partial charge < -0.3 is 4.57 Å². The molecule has 0 bridgehead atoms. The molecule has 0 spiro atoms. The minimum atomic E-state index is -4.81. The summed E-state index contributed by atoms with van der Waals surface area (Å²) in [5.41, 5.74) is -1.27. The summed E-state index contributed by atoms with van der Waals surface area (Å²) in [4.78, 5) is 3.26. The van der Waals surface area contributed by atoms with Crippen LogP contribution in [0.3, 0.4) is 0 Å². The highest BCUT2D eigenvalue weighted by atomic mass is 35.5. The smallest absolute Gasteiger partial charge is 0.335 e. The third kappa shape index (κ3) is 3.83. The highest BCUT2D eigenvalue weighted by molar-refractivity contribution is 7.89. The van der Waals surface area contributed by atoms with Gasteiger partial charge in [-0.25, -0.2) is 18.1 Å². The van der Waals surface area contributed by atoms with Crippen molar-refractivity contribution in [2.75, 3.05) is 6.54 Å². The normalized spacial score (nSPS) is 18.2. The molecule has 0 saturated carbocycles. The first-order valence-corrected chi connectivity index (χ1v) is 9.40. The Morgan fingerprint density at radius 3 is 2.84 bits per heavy atom. The molecule has 2 heterocycles. The van der Waals surface area contributed by atoms with Crippen molar-refractivity contribution in [2.45, 2.75) is 30.5 Å². The maximum Gasteiger partial charge on any atom is 0.417 e. The van der Waals surface area contributed by atoms with Crippen LogP contribution in [-0.4, -0.2) is 24.5 Å². The van der Waals surface area contributed by atoms with Crippen LogP contribution >= 0.6 is 11.6 Å². The molecule has 25 heavy (non-hydrogen) atoms. The number of hydrogen-bond donors (Lipinski definition) is 1. The Labute approximate surface area is 147 Å². The van der Waals surface area contributed by atoms with E-state index in [1.54, 1.807) is 6.20 Å². The lowest BCUT2D eigenvalue weighted by atomic mass is 9.98. The van der Waals surface area contributed by atoms with Gasteiger partial charge in [-0.3, -0.25) is 0 Å². The van der Waals surface area contributed by atoms with E-state index >= 15 is 0 Å². The number of hydrogen-bond acceptors (Lipinski definition) is 3. The zero-order valence-corrected chi connectivity index (χ0v) is 14.5. The second-order valence-corrected chi connectivity index (χ2v) is 7.97. The van der Waals surface area contributed by atoms with Crippen molar-refractivity contribution in [3.8, 4) is 0 Å². The first-order valence-electron chi connectivity index (χ1n) is 7.54. The molecule has 0 fully saturated rings. The van der Waals surface area contributed by atoms with E-state index in [2.05, 4.69) is 9.71 Å². The van der Waals surface area contributed by atoms with Crippen molar-refractivity contribution in [1.82, 2.24) is 14.3 Å².